The number of rotatable bonds is 6. The number of fused-ring (bicyclic) bond motifs is 1. The number of anilines is 1. The van der Waals surface area contributed by atoms with E-state index in [9.17, 15) is 18.0 Å². The molecule has 182 valence electrons. The van der Waals surface area contributed by atoms with Gasteiger partial charge in [-0.2, -0.15) is 0 Å². The lowest BCUT2D eigenvalue weighted by Gasteiger charge is -2.32. The predicted octanol–water partition coefficient (Wildman–Crippen LogP) is 3.74. The van der Waals surface area contributed by atoms with Crippen LogP contribution in [0.4, 0.5) is 5.69 Å². The molecular weight excluding hydrogens is 450 g/mol. The van der Waals surface area contributed by atoms with Gasteiger partial charge >= 0.3 is 0 Å². The van der Waals surface area contributed by atoms with E-state index in [-0.39, 0.29) is 28.7 Å². The molecule has 1 heterocycles. The van der Waals surface area contributed by atoms with Crippen LogP contribution in [0.15, 0.2) is 47.4 Å². The summed E-state index contributed by atoms with van der Waals surface area (Å²) in [6.45, 7) is 4.84. The first kappa shape index (κ1) is 24.3. The molecule has 1 saturated heterocycles. The van der Waals surface area contributed by atoms with Gasteiger partial charge in [0.25, 0.3) is 15.9 Å². The third-order valence-corrected chi connectivity index (χ3v) is 7.90. The standard InChI is InChI=1S/C26H33N3O4S/c1-18(2)27-25(30)22-8-5-15-29(17-22)26(31)20-9-12-23(13-10-20)28-34(32,33)24-14-11-19-6-3-4-7-21(19)16-24/h9-14,16,18,22,28H,3-8,15,17H2,1-2H3,(H,27,30). The molecule has 2 N–H and O–H groups in total. The van der Waals surface area contributed by atoms with Gasteiger partial charge < -0.3 is 10.2 Å². The van der Waals surface area contributed by atoms with Crippen LogP contribution in [0.25, 0.3) is 0 Å². The zero-order valence-electron chi connectivity index (χ0n) is 19.8. The van der Waals surface area contributed by atoms with Crippen molar-refractivity contribution >= 4 is 27.5 Å². The number of amides is 2. The zero-order chi connectivity index (χ0) is 24.3. The molecule has 1 aliphatic carbocycles. The van der Waals surface area contributed by atoms with E-state index < -0.39 is 10.0 Å². The van der Waals surface area contributed by atoms with Crippen LogP contribution in [-0.4, -0.2) is 44.3 Å². The number of nitrogens with one attached hydrogen (secondary N) is 2. The Hall–Kier alpha value is -2.87. The number of carbonyl (C=O) groups excluding carboxylic acids is 2. The summed E-state index contributed by atoms with van der Waals surface area (Å²) in [5.41, 5.74) is 3.22. The highest BCUT2D eigenvalue weighted by molar-refractivity contribution is 7.92. The van der Waals surface area contributed by atoms with Crippen LogP contribution in [-0.2, 0) is 27.7 Å². The molecule has 1 fully saturated rings. The van der Waals surface area contributed by atoms with Crippen LogP contribution in [0.1, 0.15) is 61.0 Å². The fourth-order valence-corrected chi connectivity index (χ4v) is 5.84. The van der Waals surface area contributed by atoms with Gasteiger partial charge in [0.05, 0.1) is 10.8 Å². The summed E-state index contributed by atoms with van der Waals surface area (Å²) in [5.74, 6) is -0.367. The SMILES string of the molecule is CC(C)NC(=O)C1CCCN(C(=O)c2ccc(NS(=O)(=O)c3ccc4c(c3)CCCC4)cc2)C1. The summed E-state index contributed by atoms with van der Waals surface area (Å²) in [6.07, 6.45) is 5.68. The fraction of sp³-hybridized carbons (Fsp3) is 0.462. The second-order valence-corrected chi connectivity index (χ2v) is 11.3. The first-order valence-electron chi connectivity index (χ1n) is 12.1. The van der Waals surface area contributed by atoms with Crippen molar-refractivity contribution in [1.82, 2.24) is 10.2 Å². The summed E-state index contributed by atoms with van der Waals surface area (Å²) in [7, 11) is -3.72. The van der Waals surface area contributed by atoms with Crippen molar-refractivity contribution in [3.63, 3.8) is 0 Å². The summed E-state index contributed by atoms with van der Waals surface area (Å²) in [6, 6.07) is 11.9. The molecule has 2 aliphatic rings. The Morgan fingerprint density at radius 3 is 2.38 bits per heavy atom. The van der Waals surface area contributed by atoms with E-state index in [2.05, 4.69) is 10.0 Å². The van der Waals surface area contributed by atoms with Gasteiger partial charge in [0.1, 0.15) is 0 Å². The van der Waals surface area contributed by atoms with Crippen molar-refractivity contribution in [2.75, 3.05) is 17.8 Å². The topological polar surface area (TPSA) is 95.6 Å². The molecule has 2 amide bonds. The zero-order valence-corrected chi connectivity index (χ0v) is 20.7. The van der Waals surface area contributed by atoms with Crippen molar-refractivity contribution < 1.29 is 18.0 Å². The molecule has 0 bridgehead atoms. The highest BCUT2D eigenvalue weighted by Crippen LogP contribution is 2.26. The van der Waals surface area contributed by atoms with E-state index in [1.54, 1.807) is 41.3 Å². The van der Waals surface area contributed by atoms with Crippen LogP contribution < -0.4 is 10.0 Å². The van der Waals surface area contributed by atoms with Crippen LogP contribution in [0.3, 0.4) is 0 Å². The third-order valence-electron chi connectivity index (χ3n) is 6.52. The Bertz CT molecular complexity index is 1160. The second-order valence-electron chi connectivity index (χ2n) is 9.57. The van der Waals surface area contributed by atoms with E-state index >= 15 is 0 Å². The molecule has 34 heavy (non-hydrogen) atoms. The minimum Gasteiger partial charge on any atom is -0.354 e. The van der Waals surface area contributed by atoms with E-state index in [1.165, 1.54) is 5.56 Å². The monoisotopic (exact) mass is 483 g/mol. The molecular formula is C26H33N3O4S. The number of hydrogen-bond donors (Lipinski definition) is 2. The van der Waals surface area contributed by atoms with Gasteiger partial charge in [-0.05, 0) is 99.9 Å². The lowest BCUT2D eigenvalue weighted by Crippen LogP contribution is -2.46. The lowest BCUT2D eigenvalue weighted by atomic mass is 9.92. The molecule has 0 radical (unpaired) electrons. The first-order valence-corrected chi connectivity index (χ1v) is 13.6. The van der Waals surface area contributed by atoms with Gasteiger partial charge in [0.15, 0.2) is 0 Å². The largest absolute Gasteiger partial charge is 0.354 e. The lowest BCUT2D eigenvalue weighted by molar-refractivity contribution is -0.126. The predicted molar refractivity (Wildman–Crippen MR) is 132 cm³/mol. The van der Waals surface area contributed by atoms with E-state index in [0.29, 0.717) is 24.3 Å². The molecule has 8 heteroatoms. The average molecular weight is 484 g/mol. The average Bonchev–Trinajstić information content (AvgIpc) is 2.83. The molecule has 1 aliphatic heterocycles. The number of aryl methyl sites for hydroxylation is 2. The molecule has 1 unspecified atom stereocenters. The fourth-order valence-electron chi connectivity index (χ4n) is 4.73. The van der Waals surface area contributed by atoms with Crippen LogP contribution in [0, 0.1) is 5.92 Å². The minimum absolute atomic E-state index is 0.0144. The van der Waals surface area contributed by atoms with Crippen LogP contribution in [0.2, 0.25) is 0 Å². The Balaban J connectivity index is 1.41. The second kappa shape index (κ2) is 10.2. The highest BCUT2D eigenvalue weighted by atomic mass is 32.2. The summed E-state index contributed by atoms with van der Waals surface area (Å²) in [5, 5.41) is 2.93. The molecule has 0 saturated carbocycles. The number of nitrogens with zero attached hydrogens (tertiary/aromatic N) is 1. The third kappa shape index (κ3) is 5.60. The Labute approximate surface area is 202 Å². The smallest absolute Gasteiger partial charge is 0.261 e. The van der Waals surface area contributed by atoms with Crippen LogP contribution in [0.5, 0.6) is 0 Å². The molecule has 2 aromatic carbocycles. The molecule has 0 spiro atoms. The quantitative estimate of drug-likeness (QED) is 0.654. The number of carbonyl (C=O) groups is 2. The summed E-state index contributed by atoms with van der Waals surface area (Å²) >= 11 is 0. The Kier molecular flexibility index (Phi) is 7.26. The van der Waals surface area contributed by atoms with Crippen molar-refractivity contribution in [2.24, 2.45) is 5.92 Å². The van der Waals surface area contributed by atoms with Gasteiger partial charge in [0.2, 0.25) is 5.91 Å². The van der Waals surface area contributed by atoms with Gasteiger partial charge in [0, 0.05) is 30.4 Å². The normalized spacial score (nSPS) is 18.3. The molecule has 1 atom stereocenters. The highest BCUT2D eigenvalue weighted by Gasteiger charge is 2.29. The number of hydrogen-bond acceptors (Lipinski definition) is 4. The van der Waals surface area contributed by atoms with Gasteiger partial charge in [-0.1, -0.05) is 6.07 Å². The van der Waals surface area contributed by atoms with Crippen molar-refractivity contribution in [3.05, 3.63) is 59.2 Å². The van der Waals surface area contributed by atoms with Crippen LogP contribution >= 0.6 is 0 Å². The number of likely N-dealkylation sites (tertiary alicyclic amines) is 1. The van der Waals surface area contributed by atoms with Gasteiger partial charge in [-0.25, -0.2) is 8.42 Å². The maximum absolute atomic E-state index is 13.0. The molecule has 2 aromatic rings. The van der Waals surface area contributed by atoms with Gasteiger partial charge in [-0.15, -0.1) is 0 Å². The van der Waals surface area contributed by atoms with E-state index in [4.69, 9.17) is 0 Å². The number of piperidine rings is 1. The van der Waals surface area contributed by atoms with Crippen molar-refractivity contribution in [3.8, 4) is 0 Å². The van der Waals surface area contributed by atoms with Crippen molar-refractivity contribution in [1.29, 1.82) is 0 Å². The maximum Gasteiger partial charge on any atom is 0.261 e. The Morgan fingerprint density at radius 2 is 1.68 bits per heavy atom. The van der Waals surface area contributed by atoms with E-state index in [1.807, 2.05) is 19.9 Å². The number of sulfonamides is 1. The minimum atomic E-state index is -3.72. The van der Waals surface area contributed by atoms with Crippen molar-refractivity contribution in [2.45, 2.75) is 63.3 Å². The number of benzene rings is 2. The summed E-state index contributed by atoms with van der Waals surface area (Å²) < 4.78 is 28.4. The Morgan fingerprint density at radius 1 is 0.971 bits per heavy atom. The first-order chi connectivity index (χ1) is 16.2. The maximum atomic E-state index is 13.0. The molecule has 7 nitrogen and oxygen atoms in total. The molecule has 4 rings (SSSR count). The van der Waals surface area contributed by atoms with Gasteiger partial charge in [-0.3, -0.25) is 14.3 Å². The molecule has 0 aromatic heterocycles. The van der Waals surface area contributed by atoms with E-state index in [0.717, 1.165) is 44.1 Å². The summed E-state index contributed by atoms with van der Waals surface area (Å²) in [4.78, 5) is 27.3.